The second kappa shape index (κ2) is 11.6. The molecule has 2 aromatic rings. The molecular formula is C32H38FN7O3. The van der Waals surface area contributed by atoms with Gasteiger partial charge in [0.2, 0.25) is 11.8 Å². The quantitative estimate of drug-likeness (QED) is 0.513. The van der Waals surface area contributed by atoms with E-state index in [1.165, 1.54) is 18.2 Å². The average Bonchev–Trinajstić information content (AvgIpc) is 3.41. The molecule has 1 aliphatic carbocycles. The fraction of sp³-hybridized carbons (Fsp3) is 0.531. The van der Waals surface area contributed by atoms with Crippen molar-refractivity contribution in [3.8, 4) is 12.1 Å². The first-order valence-corrected chi connectivity index (χ1v) is 15.1. The predicted octanol–water partition coefficient (Wildman–Crippen LogP) is 3.28. The number of nitrogens with one attached hydrogen (secondary N) is 1. The molecule has 11 heteroatoms. The molecule has 3 atom stereocenters. The molecule has 4 heterocycles. The first-order valence-electron chi connectivity index (χ1n) is 15.1. The molecule has 43 heavy (non-hydrogen) atoms. The number of carbonyl (C=O) groups is 2. The van der Waals surface area contributed by atoms with Crippen LogP contribution in [0, 0.1) is 24.1 Å². The number of likely N-dealkylation sites (tertiary alicyclic amines) is 1. The van der Waals surface area contributed by atoms with Crippen molar-refractivity contribution in [2.45, 2.75) is 69.4 Å². The van der Waals surface area contributed by atoms with E-state index in [-0.39, 0.29) is 42.1 Å². The first kappa shape index (κ1) is 29.1. The topological polar surface area (TPSA) is 115 Å². The van der Waals surface area contributed by atoms with Gasteiger partial charge in [0.1, 0.15) is 18.1 Å². The molecule has 3 aliphatic heterocycles. The highest BCUT2D eigenvalue weighted by molar-refractivity contribution is 6.04. The zero-order chi connectivity index (χ0) is 30.3. The number of benzene rings is 1. The number of nitrogens with zero attached hydrogens (tertiary/aromatic N) is 6. The van der Waals surface area contributed by atoms with E-state index < -0.39 is 5.41 Å². The predicted molar refractivity (Wildman–Crippen MR) is 159 cm³/mol. The third-order valence-corrected chi connectivity index (χ3v) is 9.71. The number of halogens is 1. The van der Waals surface area contributed by atoms with Crippen LogP contribution in [-0.2, 0) is 27.8 Å². The Hall–Kier alpha value is -4.04. The van der Waals surface area contributed by atoms with Gasteiger partial charge >= 0.3 is 6.01 Å². The van der Waals surface area contributed by atoms with Gasteiger partial charge in [-0.3, -0.25) is 9.59 Å². The maximum absolute atomic E-state index is 14.7. The van der Waals surface area contributed by atoms with E-state index in [9.17, 15) is 19.2 Å². The summed E-state index contributed by atoms with van der Waals surface area (Å²) >= 11 is 0. The van der Waals surface area contributed by atoms with E-state index in [0.717, 1.165) is 48.9 Å². The largest absolute Gasteiger partial charge is 0.462 e. The molecule has 6 rings (SSSR count). The highest BCUT2D eigenvalue weighted by Gasteiger charge is 2.49. The Kier molecular flexibility index (Phi) is 7.81. The van der Waals surface area contributed by atoms with Gasteiger partial charge in [-0.1, -0.05) is 6.58 Å². The number of rotatable bonds is 6. The summed E-state index contributed by atoms with van der Waals surface area (Å²) in [6.45, 7) is 8.15. The SMILES string of the molecule is C=CC(=O)N1CCN(c2nc(OC[C@@H]3CCCN3C)nc3c2NC(=O)C2(CCCc4c(C)cc(F)cc42)C3)C[C@@H]1CC#N. The van der Waals surface area contributed by atoms with Crippen LogP contribution in [0.4, 0.5) is 15.9 Å². The maximum Gasteiger partial charge on any atom is 0.318 e. The Labute approximate surface area is 251 Å². The molecule has 2 saturated heterocycles. The summed E-state index contributed by atoms with van der Waals surface area (Å²) in [5.74, 6) is -0.239. The van der Waals surface area contributed by atoms with Gasteiger partial charge in [-0.2, -0.15) is 15.2 Å². The number of likely N-dealkylation sites (N-methyl/N-ethyl adjacent to an activating group) is 1. The minimum atomic E-state index is -0.944. The highest BCUT2D eigenvalue weighted by Crippen LogP contribution is 2.47. The second-order valence-electron chi connectivity index (χ2n) is 12.3. The molecule has 2 fully saturated rings. The fourth-order valence-corrected chi connectivity index (χ4v) is 7.37. The van der Waals surface area contributed by atoms with Gasteiger partial charge in [-0.05, 0) is 87.5 Å². The van der Waals surface area contributed by atoms with Crippen LogP contribution >= 0.6 is 0 Å². The monoisotopic (exact) mass is 587 g/mol. The van der Waals surface area contributed by atoms with E-state index in [1.807, 2.05) is 11.8 Å². The van der Waals surface area contributed by atoms with Crippen LogP contribution in [0.3, 0.4) is 0 Å². The van der Waals surface area contributed by atoms with Gasteiger partial charge in [0.25, 0.3) is 0 Å². The number of anilines is 2. The van der Waals surface area contributed by atoms with Crippen molar-refractivity contribution in [1.29, 1.82) is 5.26 Å². The van der Waals surface area contributed by atoms with Crippen molar-refractivity contribution in [3.63, 3.8) is 0 Å². The molecule has 4 aliphatic rings. The molecule has 1 aromatic carbocycles. The van der Waals surface area contributed by atoms with E-state index in [2.05, 4.69) is 29.9 Å². The van der Waals surface area contributed by atoms with Gasteiger partial charge in [0, 0.05) is 32.1 Å². The Morgan fingerprint density at radius 2 is 2.12 bits per heavy atom. The maximum atomic E-state index is 14.7. The van der Waals surface area contributed by atoms with Crippen LogP contribution in [0.15, 0.2) is 24.8 Å². The molecule has 226 valence electrons. The highest BCUT2D eigenvalue weighted by atomic mass is 19.1. The number of piperazine rings is 1. The lowest BCUT2D eigenvalue weighted by Gasteiger charge is -2.44. The number of hydrogen-bond acceptors (Lipinski definition) is 8. The Bertz CT molecular complexity index is 1510. The first-order chi connectivity index (χ1) is 20.7. The second-order valence-corrected chi connectivity index (χ2v) is 12.3. The van der Waals surface area contributed by atoms with Gasteiger partial charge in [0.15, 0.2) is 5.82 Å². The minimum absolute atomic E-state index is 0.151. The normalized spacial score (nSPS) is 25.1. The third-order valence-electron chi connectivity index (χ3n) is 9.71. The molecular weight excluding hydrogens is 549 g/mol. The fourth-order valence-electron chi connectivity index (χ4n) is 7.37. The summed E-state index contributed by atoms with van der Waals surface area (Å²) in [5.41, 5.74) is 2.84. The third kappa shape index (κ3) is 5.22. The molecule has 1 aromatic heterocycles. The molecule has 0 saturated carbocycles. The summed E-state index contributed by atoms with van der Waals surface area (Å²) in [6, 6.07) is 5.37. The van der Waals surface area contributed by atoms with E-state index in [0.29, 0.717) is 56.3 Å². The number of ether oxygens (including phenoxy) is 1. The lowest BCUT2D eigenvalue weighted by Crippen LogP contribution is -2.55. The molecule has 1 N–H and O–H groups in total. The Morgan fingerprint density at radius 1 is 1.28 bits per heavy atom. The standard InChI is InChI=1S/C32H38FN7O3/c1-4-27(41)40-14-13-39(18-22(40)9-11-34)29-28-26(35-31(37-29)43-19-23-7-6-12-38(23)3)17-32(30(42)36-28)10-5-8-24-20(2)15-21(33)16-25(24)32/h4,15-16,22-23H,1,5-10,12-14,17-19H2,2-3H3,(H,36,42)/t22-,23-,32?/m0/s1. The Morgan fingerprint density at radius 3 is 2.86 bits per heavy atom. The number of carbonyl (C=O) groups excluding carboxylic acids is 2. The smallest absolute Gasteiger partial charge is 0.318 e. The summed E-state index contributed by atoms with van der Waals surface area (Å²) in [6.07, 6.45) is 6.06. The lowest BCUT2D eigenvalue weighted by atomic mass is 9.64. The van der Waals surface area contributed by atoms with Crippen LogP contribution in [0.1, 0.15) is 54.5 Å². The van der Waals surface area contributed by atoms with Crippen molar-refractivity contribution in [2.24, 2.45) is 0 Å². The molecule has 10 nitrogen and oxygen atoms in total. The van der Waals surface area contributed by atoms with Crippen LogP contribution < -0.4 is 15.0 Å². The number of hydrogen-bond donors (Lipinski definition) is 1. The Balaban J connectivity index is 1.40. The van der Waals surface area contributed by atoms with Gasteiger partial charge < -0.3 is 24.8 Å². The summed E-state index contributed by atoms with van der Waals surface area (Å²) in [7, 11) is 2.08. The van der Waals surface area contributed by atoms with E-state index in [4.69, 9.17) is 14.7 Å². The van der Waals surface area contributed by atoms with E-state index >= 15 is 0 Å². The molecule has 0 radical (unpaired) electrons. The molecule has 0 bridgehead atoms. The van der Waals surface area contributed by atoms with Crippen molar-refractivity contribution in [1.82, 2.24) is 19.8 Å². The minimum Gasteiger partial charge on any atom is -0.462 e. The van der Waals surface area contributed by atoms with Gasteiger partial charge in [0.05, 0.1) is 29.6 Å². The van der Waals surface area contributed by atoms with Crippen molar-refractivity contribution >= 4 is 23.3 Å². The van der Waals surface area contributed by atoms with Crippen LogP contribution in [0.2, 0.25) is 0 Å². The van der Waals surface area contributed by atoms with Crippen LogP contribution in [0.5, 0.6) is 6.01 Å². The summed E-state index contributed by atoms with van der Waals surface area (Å²) < 4.78 is 21.0. The van der Waals surface area contributed by atoms with Crippen LogP contribution in [-0.4, -0.2) is 83.5 Å². The summed E-state index contributed by atoms with van der Waals surface area (Å²) in [4.78, 5) is 42.2. The average molecular weight is 588 g/mol. The van der Waals surface area contributed by atoms with Crippen molar-refractivity contribution in [2.75, 3.05) is 50.1 Å². The van der Waals surface area contributed by atoms with Crippen molar-refractivity contribution in [3.05, 3.63) is 53.0 Å². The summed E-state index contributed by atoms with van der Waals surface area (Å²) in [5, 5.41) is 12.6. The number of fused-ring (bicyclic) bond motifs is 3. The van der Waals surface area contributed by atoms with Gasteiger partial charge in [-0.15, -0.1) is 0 Å². The number of aryl methyl sites for hydroxylation is 1. The number of nitriles is 1. The van der Waals surface area contributed by atoms with Crippen molar-refractivity contribution < 1.29 is 18.7 Å². The van der Waals surface area contributed by atoms with Crippen LogP contribution in [0.25, 0.3) is 0 Å². The lowest BCUT2D eigenvalue weighted by molar-refractivity contribution is -0.128. The molecule has 1 unspecified atom stereocenters. The van der Waals surface area contributed by atoms with Gasteiger partial charge in [-0.25, -0.2) is 4.39 Å². The molecule has 2 amide bonds. The number of amides is 2. The van der Waals surface area contributed by atoms with E-state index in [1.54, 1.807) is 4.90 Å². The molecule has 1 spiro atoms. The number of aromatic nitrogens is 2. The zero-order valence-corrected chi connectivity index (χ0v) is 24.9. The zero-order valence-electron chi connectivity index (χ0n) is 24.9.